The maximum Gasteiger partial charge on any atom is 0.0792 e. The van der Waals surface area contributed by atoms with Crippen LogP contribution >= 0.6 is 23.2 Å². The van der Waals surface area contributed by atoms with Crippen molar-refractivity contribution >= 4 is 23.2 Å². The van der Waals surface area contributed by atoms with Crippen molar-refractivity contribution in [2.45, 2.75) is 13.0 Å². The van der Waals surface area contributed by atoms with Crippen molar-refractivity contribution in [3.63, 3.8) is 0 Å². The smallest absolute Gasteiger partial charge is 0.0792 e. The Morgan fingerprint density at radius 1 is 1.36 bits per heavy atom. The van der Waals surface area contributed by atoms with Crippen molar-refractivity contribution in [1.82, 2.24) is 4.98 Å². The zero-order valence-corrected chi connectivity index (χ0v) is 7.39. The van der Waals surface area contributed by atoms with E-state index in [4.69, 9.17) is 23.2 Å². The van der Waals surface area contributed by atoms with Gasteiger partial charge >= 0.3 is 0 Å². The highest BCUT2D eigenvalue weighted by Crippen LogP contribution is 2.28. The van der Waals surface area contributed by atoms with Crippen LogP contribution in [0.2, 0.25) is 10.0 Å². The molecule has 0 amide bonds. The second-order valence-electron chi connectivity index (χ2n) is 2.19. The van der Waals surface area contributed by atoms with E-state index in [0.717, 1.165) is 0 Å². The molecular formula is C7H7Cl2NO. The van der Waals surface area contributed by atoms with Gasteiger partial charge in [-0.05, 0) is 6.92 Å². The van der Waals surface area contributed by atoms with E-state index >= 15 is 0 Å². The Morgan fingerprint density at radius 2 is 1.82 bits per heavy atom. The monoisotopic (exact) mass is 191 g/mol. The highest BCUT2D eigenvalue weighted by molar-refractivity contribution is 6.35. The van der Waals surface area contributed by atoms with Crippen LogP contribution in [0.3, 0.4) is 0 Å². The van der Waals surface area contributed by atoms with Gasteiger partial charge in [0.25, 0.3) is 0 Å². The summed E-state index contributed by atoms with van der Waals surface area (Å²) in [7, 11) is 0. The molecule has 1 rings (SSSR count). The van der Waals surface area contributed by atoms with Crippen molar-refractivity contribution in [3.8, 4) is 0 Å². The molecule has 0 bridgehead atoms. The molecule has 0 fully saturated rings. The highest BCUT2D eigenvalue weighted by Gasteiger charge is 2.10. The van der Waals surface area contributed by atoms with Crippen molar-refractivity contribution in [2.24, 2.45) is 0 Å². The third-order valence-electron chi connectivity index (χ3n) is 1.31. The Kier molecular flexibility index (Phi) is 2.71. The Balaban J connectivity index is 3.21. The van der Waals surface area contributed by atoms with Crippen LogP contribution in [0.4, 0.5) is 0 Å². The lowest BCUT2D eigenvalue weighted by molar-refractivity contribution is 0.199. The average Bonchev–Trinajstić information content (AvgIpc) is 1.85. The highest BCUT2D eigenvalue weighted by atomic mass is 35.5. The molecule has 1 unspecified atom stereocenters. The van der Waals surface area contributed by atoms with Gasteiger partial charge in [-0.2, -0.15) is 0 Å². The van der Waals surface area contributed by atoms with Gasteiger partial charge in [-0.25, -0.2) is 0 Å². The molecule has 0 spiro atoms. The van der Waals surface area contributed by atoms with Crippen LogP contribution in [0.15, 0.2) is 12.4 Å². The zero-order valence-electron chi connectivity index (χ0n) is 5.88. The first-order valence-electron chi connectivity index (χ1n) is 3.10. The fourth-order valence-corrected chi connectivity index (χ4v) is 1.50. The number of hydrogen-bond acceptors (Lipinski definition) is 2. The van der Waals surface area contributed by atoms with Crippen LogP contribution in [0, 0.1) is 0 Å². The summed E-state index contributed by atoms with van der Waals surface area (Å²) in [6, 6.07) is 0. The minimum atomic E-state index is -0.655. The number of nitrogens with zero attached hydrogens (tertiary/aromatic N) is 1. The van der Waals surface area contributed by atoms with Crippen molar-refractivity contribution in [2.75, 3.05) is 0 Å². The first-order chi connectivity index (χ1) is 5.13. The number of aliphatic hydroxyl groups excluding tert-OH is 1. The van der Waals surface area contributed by atoms with Gasteiger partial charge in [-0.15, -0.1) is 0 Å². The molecule has 1 N–H and O–H groups in total. The quantitative estimate of drug-likeness (QED) is 0.741. The summed E-state index contributed by atoms with van der Waals surface area (Å²) in [6.07, 6.45) is 2.25. The van der Waals surface area contributed by atoms with Crippen molar-refractivity contribution < 1.29 is 5.11 Å². The Labute approximate surface area is 74.8 Å². The first-order valence-corrected chi connectivity index (χ1v) is 3.85. The largest absolute Gasteiger partial charge is 0.389 e. The minimum absolute atomic E-state index is 0.396. The second-order valence-corrected chi connectivity index (χ2v) is 3.01. The van der Waals surface area contributed by atoms with Crippen LogP contribution in [-0.4, -0.2) is 10.1 Å². The molecule has 1 aromatic heterocycles. The molecule has 0 aliphatic carbocycles. The van der Waals surface area contributed by atoms with E-state index in [-0.39, 0.29) is 0 Å². The lowest BCUT2D eigenvalue weighted by Crippen LogP contribution is -1.94. The Bertz CT molecular complexity index is 242. The van der Waals surface area contributed by atoms with Crippen LogP contribution in [-0.2, 0) is 0 Å². The number of aliphatic hydroxyl groups is 1. The normalized spacial score (nSPS) is 13.1. The van der Waals surface area contributed by atoms with Crippen molar-refractivity contribution in [1.29, 1.82) is 0 Å². The van der Waals surface area contributed by atoms with E-state index < -0.39 is 6.10 Å². The van der Waals surface area contributed by atoms with E-state index in [1.165, 1.54) is 12.4 Å². The van der Waals surface area contributed by atoms with Gasteiger partial charge in [-0.1, -0.05) is 23.2 Å². The van der Waals surface area contributed by atoms with Crippen LogP contribution in [0.25, 0.3) is 0 Å². The molecule has 0 saturated heterocycles. The van der Waals surface area contributed by atoms with Gasteiger partial charge in [0.05, 0.1) is 16.1 Å². The van der Waals surface area contributed by atoms with Gasteiger partial charge in [-0.3, -0.25) is 4.98 Å². The third kappa shape index (κ3) is 1.83. The average molecular weight is 192 g/mol. The zero-order chi connectivity index (χ0) is 8.43. The second kappa shape index (κ2) is 3.39. The molecule has 1 heterocycles. The van der Waals surface area contributed by atoms with Gasteiger partial charge in [0.2, 0.25) is 0 Å². The lowest BCUT2D eigenvalue weighted by Gasteiger charge is -2.07. The van der Waals surface area contributed by atoms with Gasteiger partial charge in [0, 0.05) is 18.0 Å². The fraction of sp³-hybridized carbons (Fsp3) is 0.286. The van der Waals surface area contributed by atoms with E-state index in [2.05, 4.69) is 4.98 Å². The standard InChI is InChI=1S/C7H7Cl2NO/c1-4(11)7-5(8)2-10-3-6(7)9/h2-4,11H,1H3. The number of aromatic nitrogens is 1. The maximum atomic E-state index is 9.19. The maximum absolute atomic E-state index is 9.19. The summed E-state index contributed by atoms with van der Waals surface area (Å²) >= 11 is 11.4. The molecule has 2 nitrogen and oxygen atoms in total. The molecule has 60 valence electrons. The molecule has 0 aliphatic heterocycles. The van der Waals surface area contributed by atoms with Crippen LogP contribution < -0.4 is 0 Å². The molecular weight excluding hydrogens is 185 g/mol. The van der Waals surface area contributed by atoms with Gasteiger partial charge in [0.1, 0.15) is 0 Å². The van der Waals surface area contributed by atoms with Crippen molar-refractivity contribution in [3.05, 3.63) is 28.0 Å². The molecule has 11 heavy (non-hydrogen) atoms. The summed E-state index contributed by atoms with van der Waals surface area (Å²) in [6.45, 7) is 1.60. The predicted octanol–water partition coefficient (Wildman–Crippen LogP) is 2.44. The van der Waals surface area contributed by atoms with E-state index in [9.17, 15) is 5.11 Å². The molecule has 0 aliphatic rings. The minimum Gasteiger partial charge on any atom is -0.389 e. The number of halogens is 2. The summed E-state index contributed by atoms with van der Waals surface area (Å²) in [5.41, 5.74) is 0.531. The van der Waals surface area contributed by atoms with Crippen LogP contribution in [0.1, 0.15) is 18.6 Å². The van der Waals surface area contributed by atoms with E-state index in [1.54, 1.807) is 6.92 Å². The lowest BCUT2D eigenvalue weighted by atomic mass is 10.2. The molecule has 1 atom stereocenters. The number of rotatable bonds is 1. The molecule has 0 aromatic carbocycles. The molecule has 0 saturated carbocycles. The topological polar surface area (TPSA) is 33.1 Å². The predicted molar refractivity (Wildman–Crippen MR) is 44.9 cm³/mol. The summed E-state index contributed by atoms with van der Waals surface area (Å²) in [4.78, 5) is 3.75. The molecule has 0 radical (unpaired) electrons. The summed E-state index contributed by atoms with van der Waals surface area (Å²) in [5, 5.41) is 9.98. The van der Waals surface area contributed by atoms with E-state index in [0.29, 0.717) is 15.6 Å². The van der Waals surface area contributed by atoms with Gasteiger partial charge < -0.3 is 5.11 Å². The molecule has 4 heteroatoms. The first kappa shape index (κ1) is 8.78. The van der Waals surface area contributed by atoms with Gasteiger partial charge in [0.15, 0.2) is 0 Å². The molecule has 1 aromatic rings. The third-order valence-corrected chi connectivity index (χ3v) is 1.91. The summed E-state index contributed by atoms with van der Waals surface area (Å²) < 4.78 is 0. The Morgan fingerprint density at radius 3 is 2.09 bits per heavy atom. The fourth-order valence-electron chi connectivity index (χ4n) is 0.820. The summed E-state index contributed by atoms with van der Waals surface area (Å²) in [5.74, 6) is 0. The Hall–Kier alpha value is -0.310. The number of pyridine rings is 1. The number of hydrogen-bond donors (Lipinski definition) is 1. The van der Waals surface area contributed by atoms with E-state index in [1.807, 2.05) is 0 Å². The van der Waals surface area contributed by atoms with Crippen LogP contribution in [0.5, 0.6) is 0 Å². The SMILES string of the molecule is CC(O)c1c(Cl)cncc1Cl.